The summed E-state index contributed by atoms with van der Waals surface area (Å²) in [7, 11) is 3.66. The lowest BCUT2D eigenvalue weighted by Crippen LogP contribution is -2.27. The van der Waals surface area contributed by atoms with E-state index in [1.165, 1.54) is 6.20 Å². The van der Waals surface area contributed by atoms with Crippen molar-refractivity contribution in [2.75, 3.05) is 13.2 Å². The molecule has 3 rings (SSSR count). The van der Waals surface area contributed by atoms with Gasteiger partial charge in [-0.1, -0.05) is 12.1 Å². The molecule has 1 aromatic carbocycles. The van der Waals surface area contributed by atoms with Crippen molar-refractivity contribution >= 4 is 5.91 Å². The molecule has 0 bridgehead atoms. The molecule has 0 spiro atoms. The number of aryl methyl sites for hydroxylation is 2. The third kappa shape index (κ3) is 3.81. The van der Waals surface area contributed by atoms with E-state index in [-0.39, 0.29) is 5.91 Å². The number of ether oxygens (including phenoxy) is 1. The van der Waals surface area contributed by atoms with Crippen LogP contribution in [0.15, 0.2) is 49.1 Å². The molecule has 0 aliphatic rings. The van der Waals surface area contributed by atoms with Crippen LogP contribution in [-0.2, 0) is 14.1 Å². The molecule has 24 heavy (non-hydrogen) atoms. The van der Waals surface area contributed by atoms with E-state index < -0.39 is 0 Å². The minimum absolute atomic E-state index is 0.157. The number of rotatable bonds is 6. The Bertz CT molecular complexity index is 837. The van der Waals surface area contributed by atoms with Crippen molar-refractivity contribution in [3.8, 4) is 16.9 Å². The molecule has 0 saturated carbocycles. The SMILES string of the molecule is Cn1cc(C(=O)NCCOc2cccc(-c3cnn(C)c3)c2)cn1. The third-order valence-electron chi connectivity index (χ3n) is 3.50. The molecule has 2 aromatic heterocycles. The summed E-state index contributed by atoms with van der Waals surface area (Å²) in [6.45, 7) is 0.813. The van der Waals surface area contributed by atoms with Gasteiger partial charge in [-0.3, -0.25) is 14.2 Å². The smallest absolute Gasteiger partial charge is 0.254 e. The molecular weight excluding hydrogens is 306 g/mol. The van der Waals surface area contributed by atoms with E-state index in [2.05, 4.69) is 15.5 Å². The summed E-state index contributed by atoms with van der Waals surface area (Å²) in [5, 5.41) is 10.9. The topological polar surface area (TPSA) is 74.0 Å². The standard InChI is InChI=1S/C17H19N5O2/c1-21-11-14(9-19-21)13-4-3-5-16(8-13)24-7-6-18-17(23)15-10-20-22(2)12-15/h3-5,8-12H,6-7H2,1-2H3,(H,18,23). The van der Waals surface area contributed by atoms with Crippen molar-refractivity contribution < 1.29 is 9.53 Å². The number of nitrogens with one attached hydrogen (secondary N) is 1. The van der Waals surface area contributed by atoms with Crippen LogP contribution >= 0.6 is 0 Å². The van der Waals surface area contributed by atoms with Crippen LogP contribution in [-0.4, -0.2) is 38.6 Å². The lowest BCUT2D eigenvalue weighted by Gasteiger charge is -2.08. The van der Waals surface area contributed by atoms with Crippen molar-refractivity contribution in [2.24, 2.45) is 14.1 Å². The lowest BCUT2D eigenvalue weighted by molar-refractivity contribution is 0.0947. The Hall–Kier alpha value is -3.09. The molecular formula is C17H19N5O2. The Labute approximate surface area is 139 Å². The number of nitrogens with zero attached hydrogens (tertiary/aromatic N) is 4. The van der Waals surface area contributed by atoms with Gasteiger partial charge in [-0.15, -0.1) is 0 Å². The Morgan fingerprint density at radius 3 is 2.62 bits per heavy atom. The van der Waals surface area contributed by atoms with Crippen LogP contribution < -0.4 is 10.1 Å². The maximum atomic E-state index is 11.9. The van der Waals surface area contributed by atoms with Crippen LogP contribution in [0.5, 0.6) is 5.75 Å². The van der Waals surface area contributed by atoms with Crippen molar-refractivity contribution in [3.05, 3.63) is 54.6 Å². The first-order valence-electron chi connectivity index (χ1n) is 7.60. The fourth-order valence-electron chi connectivity index (χ4n) is 2.31. The van der Waals surface area contributed by atoms with Crippen LogP contribution in [0, 0.1) is 0 Å². The zero-order valence-electron chi connectivity index (χ0n) is 13.6. The predicted octanol–water partition coefficient (Wildman–Crippen LogP) is 1.63. The van der Waals surface area contributed by atoms with Crippen LogP contribution in [0.1, 0.15) is 10.4 Å². The third-order valence-corrected chi connectivity index (χ3v) is 3.50. The highest BCUT2D eigenvalue weighted by atomic mass is 16.5. The van der Waals surface area contributed by atoms with Gasteiger partial charge in [0.25, 0.3) is 5.91 Å². The first kappa shape index (κ1) is 15.8. The van der Waals surface area contributed by atoms with Crippen LogP contribution in [0.3, 0.4) is 0 Å². The van der Waals surface area contributed by atoms with E-state index >= 15 is 0 Å². The summed E-state index contributed by atoms with van der Waals surface area (Å²) in [4.78, 5) is 11.9. The quantitative estimate of drug-likeness (QED) is 0.699. The molecule has 0 unspecified atom stereocenters. The minimum Gasteiger partial charge on any atom is -0.492 e. The zero-order valence-corrected chi connectivity index (χ0v) is 13.6. The average molecular weight is 325 g/mol. The maximum absolute atomic E-state index is 11.9. The molecule has 7 nitrogen and oxygen atoms in total. The van der Waals surface area contributed by atoms with E-state index in [0.717, 1.165) is 16.9 Å². The first-order valence-corrected chi connectivity index (χ1v) is 7.60. The van der Waals surface area contributed by atoms with Crippen molar-refractivity contribution in [2.45, 2.75) is 0 Å². The summed E-state index contributed by atoms with van der Waals surface area (Å²) in [6.07, 6.45) is 6.97. The second-order valence-corrected chi connectivity index (χ2v) is 5.44. The fraction of sp³-hybridized carbons (Fsp3) is 0.235. The second kappa shape index (κ2) is 6.99. The highest BCUT2D eigenvalue weighted by Crippen LogP contribution is 2.23. The van der Waals surface area contributed by atoms with E-state index in [1.54, 1.807) is 22.6 Å². The number of carbonyl (C=O) groups excluding carboxylic acids is 1. The Kier molecular flexibility index (Phi) is 4.60. The highest BCUT2D eigenvalue weighted by molar-refractivity contribution is 5.93. The minimum atomic E-state index is -0.157. The van der Waals surface area contributed by atoms with Gasteiger partial charge < -0.3 is 10.1 Å². The number of carbonyl (C=O) groups is 1. The second-order valence-electron chi connectivity index (χ2n) is 5.44. The average Bonchev–Trinajstić information content (AvgIpc) is 3.20. The molecule has 1 N–H and O–H groups in total. The van der Waals surface area contributed by atoms with E-state index in [0.29, 0.717) is 18.7 Å². The van der Waals surface area contributed by atoms with Crippen molar-refractivity contribution in [1.82, 2.24) is 24.9 Å². The molecule has 0 atom stereocenters. The molecule has 3 aromatic rings. The van der Waals surface area contributed by atoms with Gasteiger partial charge in [-0.2, -0.15) is 10.2 Å². The van der Waals surface area contributed by atoms with Crippen molar-refractivity contribution in [1.29, 1.82) is 0 Å². The molecule has 0 aliphatic carbocycles. The van der Waals surface area contributed by atoms with Gasteiger partial charge in [0.1, 0.15) is 12.4 Å². The number of aromatic nitrogens is 4. The Morgan fingerprint density at radius 2 is 1.92 bits per heavy atom. The molecule has 2 heterocycles. The Morgan fingerprint density at radius 1 is 1.12 bits per heavy atom. The Balaban J connectivity index is 1.51. The monoisotopic (exact) mass is 325 g/mol. The largest absolute Gasteiger partial charge is 0.492 e. The molecule has 0 aliphatic heterocycles. The number of benzene rings is 1. The molecule has 0 radical (unpaired) electrons. The van der Waals surface area contributed by atoms with E-state index in [1.807, 2.05) is 43.7 Å². The van der Waals surface area contributed by atoms with Gasteiger partial charge in [0.05, 0.1) is 24.5 Å². The molecule has 1 amide bonds. The van der Waals surface area contributed by atoms with E-state index in [4.69, 9.17) is 4.74 Å². The molecule has 124 valence electrons. The normalized spacial score (nSPS) is 10.6. The fourth-order valence-corrected chi connectivity index (χ4v) is 2.31. The molecule has 0 saturated heterocycles. The number of amides is 1. The number of hydrogen-bond donors (Lipinski definition) is 1. The van der Waals surface area contributed by atoms with E-state index in [9.17, 15) is 4.79 Å². The van der Waals surface area contributed by atoms with Gasteiger partial charge in [-0.25, -0.2) is 0 Å². The number of hydrogen-bond acceptors (Lipinski definition) is 4. The first-order chi connectivity index (χ1) is 11.6. The summed E-state index contributed by atoms with van der Waals surface area (Å²) in [6, 6.07) is 7.79. The molecule has 7 heteroatoms. The van der Waals surface area contributed by atoms with Gasteiger partial charge in [0.15, 0.2) is 0 Å². The van der Waals surface area contributed by atoms with Gasteiger partial charge >= 0.3 is 0 Å². The summed E-state index contributed by atoms with van der Waals surface area (Å²) in [5.41, 5.74) is 2.61. The van der Waals surface area contributed by atoms with Crippen LogP contribution in [0.25, 0.3) is 11.1 Å². The summed E-state index contributed by atoms with van der Waals surface area (Å²) >= 11 is 0. The zero-order chi connectivity index (χ0) is 16.9. The van der Waals surface area contributed by atoms with Gasteiger partial charge in [-0.05, 0) is 17.7 Å². The van der Waals surface area contributed by atoms with Crippen LogP contribution in [0.4, 0.5) is 0 Å². The predicted molar refractivity (Wildman–Crippen MR) is 89.7 cm³/mol. The molecule has 0 fully saturated rings. The highest BCUT2D eigenvalue weighted by Gasteiger charge is 2.07. The summed E-state index contributed by atoms with van der Waals surface area (Å²) in [5.74, 6) is 0.600. The van der Waals surface area contributed by atoms with Gasteiger partial charge in [0.2, 0.25) is 0 Å². The van der Waals surface area contributed by atoms with Crippen molar-refractivity contribution in [3.63, 3.8) is 0 Å². The van der Waals surface area contributed by atoms with Gasteiger partial charge in [0, 0.05) is 32.1 Å². The maximum Gasteiger partial charge on any atom is 0.254 e. The summed E-state index contributed by atoms with van der Waals surface area (Å²) < 4.78 is 9.06. The lowest BCUT2D eigenvalue weighted by atomic mass is 10.1. The van der Waals surface area contributed by atoms with Crippen LogP contribution in [0.2, 0.25) is 0 Å².